The SMILES string of the molecule is CC(=N)OC(=O)c1nn(CC(=O)N[C@@H](Cc2cc(F)cc(F)c2)c2ncccc2-c2ccc(F)c(C(N)=O)c2)c2c1COC2. The number of carbonyl (C=O) groups is 3. The van der Waals surface area contributed by atoms with Crippen LogP contribution in [0, 0.1) is 22.9 Å². The van der Waals surface area contributed by atoms with Crippen LogP contribution in [0.4, 0.5) is 13.2 Å². The highest BCUT2D eigenvalue weighted by atomic mass is 19.1. The van der Waals surface area contributed by atoms with Crippen molar-refractivity contribution in [2.75, 3.05) is 0 Å². The molecule has 14 heteroatoms. The van der Waals surface area contributed by atoms with Gasteiger partial charge in [0, 0.05) is 30.3 Å². The maximum Gasteiger partial charge on any atom is 0.365 e. The van der Waals surface area contributed by atoms with E-state index in [1.807, 2.05) is 0 Å². The number of primary amides is 1. The zero-order valence-corrected chi connectivity index (χ0v) is 23.2. The summed E-state index contributed by atoms with van der Waals surface area (Å²) in [4.78, 5) is 42.2. The van der Waals surface area contributed by atoms with Crippen molar-refractivity contribution in [2.24, 2.45) is 5.73 Å². The van der Waals surface area contributed by atoms with Crippen molar-refractivity contribution in [3.63, 3.8) is 0 Å². The van der Waals surface area contributed by atoms with Crippen LogP contribution in [0.3, 0.4) is 0 Å². The summed E-state index contributed by atoms with van der Waals surface area (Å²) in [5.41, 5.74) is 7.03. The molecule has 3 heterocycles. The fourth-order valence-electron chi connectivity index (χ4n) is 4.96. The molecule has 2 aromatic carbocycles. The first kappa shape index (κ1) is 30.1. The average molecular weight is 607 g/mol. The molecule has 0 saturated carbocycles. The van der Waals surface area contributed by atoms with Gasteiger partial charge in [-0.1, -0.05) is 12.1 Å². The van der Waals surface area contributed by atoms with Crippen LogP contribution >= 0.6 is 0 Å². The van der Waals surface area contributed by atoms with Gasteiger partial charge >= 0.3 is 5.97 Å². The van der Waals surface area contributed by atoms with E-state index in [1.54, 1.807) is 12.1 Å². The second kappa shape index (κ2) is 12.5. The van der Waals surface area contributed by atoms with Gasteiger partial charge in [0.2, 0.25) is 5.91 Å². The minimum Gasteiger partial charge on any atom is -0.408 e. The van der Waals surface area contributed by atoms with Crippen molar-refractivity contribution in [1.82, 2.24) is 20.1 Å². The van der Waals surface area contributed by atoms with Crippen LogP contribution in [0.2, 0.25) is 0 Å². The van der Waals surface area contributed by atoms with Gasteiger partial charge in [-0.3, -0.25) is 24.7 Å². The molecular weight excluding hydrogens is 581 g/mol. The third-order valence-electron chi connectivity index (χ3n) is 6.79. The zero-order chi connectivity index (χ0) is 31.5. The molecule has 44 heavy (non-hydrogen) atoms. The topological polar surface area (TPSA) is 162 Å². The lowest BCUT2D eigenvalue weighted by Crippen LogP contribution is -2.34. The van der Waals surface area contributed by atoms with E-state index in [4.69, 9.17) is 20.6 Å². The first-order valence-electron chi connectivity index (χ1n) is 13.2. The molecule has 2 amide bonds. The third kappa shape index (κ3) is 6.49. The first-order valence-corrected chi connectivity index (χ1v) is 13.2. The lowest BCUT2D eigenvalue weighted by Gasteiger charge is -2.22. The Morgan fingerprint density at radius 1 is 1.11 bits per heavy atom. The number of rotatable bonds is 9. The number of hydrogen-bond acceptors (Lipinski definition) is 8. The molecule has 11 nitrogen and oxygen atoms in total. The number of benzene rings is 2. The lowest BCUT2D eigenvalue weighted by atomic mass is 9.94. The van der Waals surface area contributed by atoms with Gasteiger partial charge in [0.05, 0.1) is 36.2 Å². The number of nitrogens with two attached hydrogens (primary N) is 1. The number of fused-ring (bicyclic) bond motifs is 1. The summed E-state index contributed by atoms with van der Waals surface area (Å²) in [7, 11) is 0. The number of esters is 1. The van der Waals surface area contributed by atoms with Crippen molar-refractivity contribution >= 4 is 23.7 Å². The Morgan fingerprint density at radius 3 is 2.57 bits per heavy atom. The molecule has 0 bridgehead atoms. The molecule has 1 aliphatic heterocycles. The maximum atomic E-state index is 14.2. The van der Waals surface area contributed by atoms with E-state index in [-0.39, 0.29) is 54.6 Å². The van der Waals surface area contributed by atoms with Gasteiger partial charge in [-0.25, -0.2) is 18.0 Å². The highest BCUT2D eigenvalue weighted by Gasteiger charge is 2.30. The van der Waals surface area contributed by atoms with E-state index in [0.29, 0.717) is 22.4 Å². The third-order valence-corrected chi connectivity index (χ3v) is 6.79. The van der Waals surface area contributed by atoms with Crippen LogP contribution < -0.4 is 11.1 Å². The summed E-state index contributed by atoms with van der Waals surface area (Å²) in [5.74, 6) is -5.23. The quantitative estimate of drug-likeness (QED) is 0.149. The molecule has 4 aromatic rings. The minimum absolute atomic E-state index is 0.0639. The Morgan fingerprint density at radius 2 is 1.86 bits per heavy atom. The van der Waals surface area contributed by atoms with Crippen molar-refractivity contribution in [3.8, 4) is 11.1 Å². The summed E-state index contributed by atoms with van der Waals surface area (Å²) >= 11 is 0. The second-order valence-electron chi connectivity index (χ2n) is 9.97. The van der Waals surface area contributed by atoms with Gasteiger partial charge < -0.3 is 20.5 Å². The fourth-order valence-corrected chi connectivity index (χ4v) is 4.96. The van der Waals surface area contributed by atoms with Crippen LogP contribution in [-0.2, 0) is 40.4 Å². The Hall–Kier alpha value is -5.37. The molecule has 0 fully saturated rings. The van der Waals surface area contributed by atoms with Gasteiger partial charge in [-0.05, 0) is 47.9 Å². The Kier molecular flexibility index (Phi) is 8.53. The van der Waals surface area contributed by atoms with Crippen LogP contribution in [0.15, 0.2) is 54.7 Å². The van der Waals surface area contributed by atoms with Crippen molar-refractivity contribution < 1.29 is 37.0 Å². The van der Waals surface area contributed by atoms with Gasteiger partial charge in [-0.15, -0.1) is 0 Å². The van der Waals surface area contributed by atoms with Crippen LogP contribution in [0.5, 0.6) is 0 Å². The fraction of sp³-hybridized carbons (Fsp3) is 0.200. The molecule has 0 saturated heterocycles. The number of hydrogen-bond donors (Lipinski definition) is 3. The summed E-state index contributed by atoms with van der Waals surface area (Å²) < 4.78 is 54.0. The number of pyridine rings is 1. The maximum absolute atomic E-state index is 14.2. The standard InChI is InChI=1S/C30H25F3N6O5/c1-15(34)44-30(42)28-22-13-43-14-25(22)39(38-28)12-26(40)37-24(9-16-7-18(31)11-19(32)8-16)27-20(3-2-6-36-27)17-4-5-23(33)21(10-17)29(35)41/h2-8,10-11,24,34H,9,12-14H2,1H3,(H2,35,41)(H,37,40)/t24-/m0/s1. The molecule has 0 spiro atoms. The van der Waals surface area contributed by atoms with Crippen molar-refractivity contribution in [3.05, 3.63) is 106 Å². The second-order valence-corrected chi connectivity index (χ2v) is 9.97. The lowest BCUT2D eigenvalue weighted by molar-refractivity contribution is -0.122. The van der Waals surface area contributed by atoms with E-state index in [1.165, 1.54) is 29.9 Å². The first-order chi connectivity index (χ1) is 21.0. The number of halogens is 3. The highest BCUT2D eigenvalue weighted by molar-refractivity contribution is 5.97. The molecule has 226 valence electrons. The van der Waals surface area contributed by atoms with Gasteiger partial charge in [0.25, 0.3) is 5.91 Å². The number of carbonyl (C=O) groups excluding carboxylic acids is 3. The summed E-state index contributed by atoms with van der Waals surface area (Å²) in [5, 5.41) is 14.5. The van der Waals surface area contributed by atoms with Crippen molar-refractivity contribution in [1.29, 1.82) is 5.41 Å². The number of nitrogens with one attached hydrogen (secondary N) is 2. The van der Waals surface area contributed by atoms with Crippen LogP contribution in [-0.4, -0.2) is 38.4 Å². The van der Waals surface area contributed by atoms with E-state index in [9.17, 15) is 27.6 Å². The number of aromatic nitrogens is 3. The molecule has 0 radical (unpaired) electrons. The molecule has 0 aliphatic carbocycles. The van der Waals surface area contributed by atoms with E-state index >= 15 is 0 Å². The predicted molar refractivity (Wildman–Crippen MR) is 149 cm³/mol. The molecule has 4 N–H and O–H groups in total. The number of amides is 2. The van der Waals surface area contributed by atoms with Crippen LogP contribution in [0.25, 0.3) is 11.1 Å². The Labute approximate surface area is 248 Å². The molecule has 0 unspecified atom stereocenters. The Bertz CT molecular complexity index is 1790. The molecule has 1 atom stereocenters. The number of nitrogens with zero attached hydrogens (tertiary/aromatic N) is 3. The van der Waals surface area contributed by atoms with E-state index in [0.717, 1.165) is 24.3 Å². The normalized spacial score (nSPS) is 12.8. The monoisotopic (exact) mass is 606 g/mol. The van der Waals surface area contributed by atoms with Gasteiger partial charge in [-0.2, -0.15) is 5.10 Å². The zero-order valence-electron chi connectivity index (χ0n) is 23.2. The highest BCUT2D eigenvalue weighted by Crippen LogP contribution is 2.31. The Balaban J connectivity index is 1.50. The van der Waals surface area contributed by atoms with Crippen LogP contribution in [0.1, 0.15) is 56.3 Å². The summed E-state index contributed by atoms with van der Waals surface area (Å²) in [6.07, 6.45) is 1.34. The van der Waals surface area contributed by atoms with Gasteiger partial charge in [0.1, 0.15) is 24.0 Å². The molecule has 5 rings (SSSR count). The largest absolute Gasteiger partial charge is 0.408 e. The number of ether oxygens (including phenoxy) is 2. The van der Waals surface area contributed by atoms with Crippen molar-refractivity contribution in [2.45, 2.75) is 39.1 Å². The smallest absolute Gasteiger partial charge is 0.365 e. The predicted octanol–water partition coefficient (Wildman–Crippen LogP) is 3.75. The molecule has 1 aliphatic rings. The summed E-state index contributed by atoms with van der Waals surface area (Å²) in [6.45, 7) is 1.06. The minimum atomic E-state index is -0.982. The molecule has 2 aromatic heterocycles. The van der Waals surface area contributed by atoms with E-state index < -0.39 is 41.3 Å². The average Bonchev–Trinajstić information content (AvgIpc) is 3.56. The molecular formula is C30H25F3N6O5. The van der Waals surface area contributed by atoms with Gasteiger partial charge in [0.15, 0.2) is 11.6 Å². The van der Waals surface area contributed by atoms with E-state index in [2.05, 4.69) is 15.4 Å². The summed E-state index contributed by atoms with van der Waals surface area (Å²) in [6, 6.07) is 8.94.